The van der Waals surface area contributed by atoms with Crippen molar-refractivity contribution in [1.29, 1.82) is 0 Å². The van der Waals surface area contributed by atoms with Crippen molar-refractivity contribution in [2.75, 3.05) is 0 Å². The van der Waals surface area contributed by atoms with E-state index in [1.165, 1.54) is 35.0 Å². The van der Waals surface area contributed by atoms with Gasteiger partial charge in [0, 0.05) is 27.3 Å². The summed E-state index contributed by atoms with van der Waals surface area (Å²) in [5, 5.41) is 5.82. The van der Waals surface area contributed by atoms with Crippen molar-refractivity contribution >= 4 is 27.3 Å². The average molecular weight is 288 g/mol. The molecule has 0 aliphatic heterocycles. The standard InChI is InChI=1S/C12H18BrNS/c1-9-3-2-4-11(5-9)14-7-12-6-10(13)8-15-12/h6,8-9,11,14H,2-5,7H2,1H3/t9-,11+/m1/s1. The molecule has 0 saturated heterocycles. The van der Waals surface area contributed by atoms with E-state index in [0.717, 1.165) is 18.5 Å². The predicted molar refractivity (Wildman–Crippen MR) is 70.3 cm³/mol. The summed E-state index contributed by atoms with van der Waals surface area (Å²) < 4.78 is 1.21. The van der Waals surface area contributed by atoms with E-state index in [2.05, 4.69) is 39.6 Å². The maximum Gasteiger partial charge on any atom is 0.0302 e. The molecule has 1 nitrogen and oxygen atoms in total. The van der Waals surface area contributed by atoms with Crippen molar-refractivity contribution in [3.63, 3.8) is 0 Å². The quantitative estimate of drug-likeness (QED) is 0.880. The van der Waals surface area contributed by atoms with Gasteiger partial charge in [0.15, 0.2) is 0 Å². The van der Waals surface area contributed by atoms with Crippen molar-refractivity contribution in [2.24, 2.45) is 5.92 Å². The lowest BCUT2D eigenvalue weighted by Crippen LogP contribution is -2.32. The predicted octanol–water partition coefficient (Wildman–Crippen LogP) is 4.18. The highest BCUT2D eigenvalue weighted by molar-refractivity contribution is 9.10. The zero-order valence-corrected chi connectivity index (χ0v) is 11.5. The Morgan fingerprint density at radius 3 is 3.07 bits per heavy atom. The lowest BCUT2D eigenvalue weighted by atomic mass is 9.87. The Labute approximate surface area is 104 Å². The fourth-order valence-electron chi connectivity index (χ4n) is 2.31. The molecular formula is C12H18BrNS. The molecule has 1 aromatic rings. The summed E-state index contributed by atoms with van der Waals surface area (Å²) in [4.78, 5) is 1.43. The molecule has 2 atom stereocenters. The number of rotatable bonds is 3. The Kier molecular flexibility index (Phi) is 4.23. The highest BCUT2D eigenvalue weighted by Crippen LogP contribution is 2.24. The van der Waals surface area contributed by atoms with Crippen LogP contribution in [0.5, 0.6) is 0 Å². The van der Waals surface area contributed by atoms with Gasteiger partial charge in [0.25, 0.3) is 0 Å². The van der Waals surface area contributed by atoms with Crippen molar-refractivity contribution < 1.29 is 0 Å². The summed E-state index contributed by atoms with van der Waals surface area (Å²) in [7, 11) is 0. The van der Waals surface area contributed by atoms with Gasteiger partial charge in [0.1, 0.15) is 0 Å². The minimum absolute atomic E-state index is 0.745. The fraction of sp³-hybridized carbons (Fsp3) is 0.667. The summed E-state index contributed by atoms with van der Waals surface area (Å²) in [6, 6.07) is 2.96. The lowest BCUT2D eigenvalue weighted by molar-refractivity contribution is 0.301. The molecule has 15 heavy (non-hydrogen) atoms. The van der Waals surface area contributed by atoms with E-state index in [4.69, 9.17) is 0 Å². The molecular weight excluding hydrogens is 270 g/mol. The van der Waals surface area contributed by atoms with Gasteiger partial charge in [-0.1, -0.05) is 19.8 Å². The number of hydrogen-bond acceptors (Lipinski definition) is 2. The third-order valence-electron chi connectivity index (χ3n) is 3.12. The summed E-state index contributed by atoms with van der Waals surface area (Å²) in [5.41, 5.74) is 0. The third kappa shape index (κ3) is 3.58. The van der Waals surface area contributed by atoms with Crippen LogP contribution < -0.4 is 5.32 Å². The Bertz CT molecular complexity index is 310. The van der Waals surface area contributed by atoms with E-state index in [1.54, 1.807) is 0 Å². The molecule has 1 saturated carbocycles. The van der Waals surface area contributed by atoms with E-state index in [1.807, 2.05) is 11.3 Å². The van der Waals surface area contributed by atoms with Crippen LogP contribution in [0.1, 0.15) is 37.5 Å². The van der Waals surface area contributed by atoms with Crippen LogP contribution in [-0.2, 0) is 6.54 Å². The van der Waals surface area contributed by atoms with E-state index in [0.29, 0.717) is 0 Å². The summed E-state index contributed by atoms with van der Waals surface area (Å²) in [5.74, 6) is 0.909. The van der Waals surface area contributed by atoms with Gasteiger partial charge in [-0.25, -0.2) is 0 Å². The van der Waals surface area contributed by atoms with E-state index < -0.39 is 0 Å². The zero-order valence-electron chi connectivity index (χ0n) is 9.13. The second-order valence-electron chi connectivity index (χ2n) is 4.58. The minimum Gasteiger partial charge on any atom is -0.309 e. The molecule has 0 spiro atoms. The molecule has 1 aromatic heterocycles. The highest BCUT2D eigenvalue weighted by Gasteiger charge is 2.18. The Hall–Kier alpha value is 0.140. The van der Waals surface area contributed by atoms with Crippen LogP contribution in [0.2, 0.25) is 0 Å². The van der Waals surface area contributed by atoms with Crippen molar-refractivity contribution in [3.05, 3.63) is 20.8 Å². The van der Waals surface area contributed by atoms with E-state index in [-0.39, 0.29) is 0 Å². The molecule has 0 unspecified atom stereocenters. The minimum atomic E-state index is 0.745. The van der Waals surface area contributed by atoms with Crippen LogP contribution in [-0.4, -0.2) is 6.04 Å². The largest absolute Gasteiger partial charge is 0.309 e. The maximum atomic E-state index is 3.67. The van der Waals surface area contributed by atoms with Gasteiger partial charge in [0.05, 0.1) is 0 Å². The van der Waals surface area contributed by atoms with Crippen LogP contribution in [0.3, 0.4) is 0 Å². The topological polar surface area (TPSA) is 12.0 Å². The first kappa shape index (κ1) is 11.6. The molecule has 84 valence electrons. The van der Waals surface area contributed by atoms with Gasteiger partial charge in [-0.05, 0) is 40.8 Å². The van der Waals surface area contributed by atoms with Gasteiger partial charge in [-0.2, -0.15) is 0 Å². The molecule has 1 aliphatic rings. The van der Waals surface area contributed by atoms with Crippen LogP contribution in [0.15, 0.2) is 15.9 Å². The SMILES string of the molecule is C[C@@H]1CCC[C@H](NCc2cc(Br)cs2)C1. The summed E-state index contributed by atoms with van der Waals surface area (Å²) >= 11 is 5.32. The first-order chi connectivity index (χ1) is 7.24. The van der Waals surface area contributed by atoms with Crippen molar-refractivity contribution in [2.45, 2.75) is 45.2 Å². The lowest BCUT2D eigenvalue weighted by Gasteiger charge is -2.27. The molecule has 0 aromatic carbocycles. The zero-order chi connectivity index (χ0) is 10.7. The van der Waals surface area contributed by atoms with Crippen LogP contribution in [0.4, 0.5) is 0 Å². The second-order valence-corrected chi connectivity index (χ2v) is 6.49. The van der Waals surface area contributed by atoms with Gasteiger partial charge in [0.2, 0.25) is 0 Å². The molecule has 3 heteroatoms. The monoisotopic (exact) mass is 287 g/mol. The molecule has 2 rings (SSSR count). The Morgan fingerprint density at radius 1 is 1.53 bits per heavy atom. The van der Waals surface area contributed by atoms with Crippen LogP contribution in [0, 0.1) is 5.92 Å². The van der Waals surface area contributed by atoms with Crippen molar-refractivity contribution in [3.8, 4) is 0 Å². The molecule has 1 heterocycles. The smallest absolute Gasteiger partial charge is 0.0302 e. The molecule has 0 radical (unpaired) electrons. The van der Waals surface area contributed by atoms with Gasteiger partial charge < -0.3 is 5.32 Å². The Morgan fingerprint density at radius 2 is 2.40 bits per heavy atom. The number of thiophene rings is 1. The normalized spacial score (nSPS) is 26.8. The van der Waals surface area contributed by atoms with Gasteiger partial charge >= 0.3 is 0 Å². The van der Waals surface area contributed by atoms with E-state index >= 15 is 0 Å². The van der Waals surface area contributed by atoms with Gasteiger partial charge in [-0.15, -0.1) is 11.3 Å². The van der Waals surface area contributed by atoms with E-state index in [9.17, 15) is 0 Å². The third-order valence-corrected chi connectivity index (χ3v) is 4.82. The maximum absolute atomic E-state index is 3.67. The molecule has 1 fully saturated rings. The number of nitrogens with one attached hydrogen (secondary N) is 1. The first-order valence-corrected chi connectivity index (χ1v) is 7.37. The highest BCUT2D eigenvalue weighted by atomic mass is 79.9. The number of hydrogen-bond donors (Lipinski definition) is 1. The fourth-order valence-corrected chi connectivity index (χ4v) is 3.71. The molecule has 0 bridgehead atoms. The number of halogens is 1. The van der Waals surface area contributed by atoms with Gasteiger partial charge in [-0.3, -0.25) is 0 Å². The van der Waals surface area contributed by atoms with Crippen molar-refractivity contribution in [1.82, 2.24) is 5.32 Å². The first-order valence-electron chi connectivity index (χ1n) is 5.70. The second kappa shape index (κ2) is 5.46. The summed E-state index contributed by atoms with van der Waals surface area (Å²) in [6.07, 6.45) is 5.53. The molecule has 1 N–H and O–H groups in total. The molecule has 0 amide bonds. The molecule has 1 aliphatic carbocycles. The van der Waals surface area contributed by atoms with Crippen LogP contribution >= 0.6 is 27.3 Å². The average Bonchev–Trinajstić information content (AvgIpc) is 2.62. The Balaban J connectivity index is 1.77. The van der Waals surface area contributed by atoms with Crippen LogP contribution in [0.25, 0.3) is 0 Å². The summed E-state index contributed by atoms with van der Waals surface area (Å²) in [6.45, 7) is 3.41.